The molecular formula is C26H22ClN3O3S. The molecule has 34 heavy (non-hydrogen) atoms. The second kappa shape index (κ2) is 10.6. The largest absolute Gasteiger partial charge is 0.329 e. The number of urea groups is 1. The van der Waals surface area contributed by atoms with Gasteiger partial charge < -0.3 is 10.6 Å². The molecule has 1 aliphatic rings. The number of hydrogen-bond acceptors (Lipinski definition) is 4. The van der Waals surface area contributed by atoms with E-state index in [0.717, 1.165) is 32.2 Å². The van der Waals surface area contributed by atoms with Gasteiger partial charge in [-0.1, -0.05) is 66.7 Å². The first-order valence-electron chi connectivity index (χ1n) is 10.7. The number of carbonyl (C=O) groups is 3. The fraction of sp³-hybridized carbons (Fsp3) is 0.115. The molecule has 4 rings (SSSR count). The molecule has 3 aromatic rings. The molecule has 1 aliphatic heterocycles. The van der Waals surface area contributed by atoms with Gasteiger partial charge in [0.25, 0.3) is 5.91 Å². The Bertz CT molecular complexity index is 1270. The van der Waals surface area contributed by atoms with Crippen molar-refractivity contribution in [1.82, 2.24) is 10.2 Å². The maximum absolute atomic E-state index is 12.9. The van der Waals surface area contributed by atoms with E-state index >= 15 is 0 Å². The molecule has 0 spiro atoms. The van der Waals surface area contributed by atoms with Crippen LogP contribution in [0.5, 0.6) is 0 Å². The summed E-state index contributed by atoms with van der Waals surface area (Å²) in [6.07, 6.45) is 2.38. The summed E-state index contributed by atoms with van der Waals surface area (Å²) < 4.78 is 0. The van der Waals surface area contributed by atoms with Crippen LogP contribution in [0.2, 0.25) is 5.02 Å². The maximum Gasteiger partial charge on any atom is 0.329 e. The Labute approximate surface area is 207 Å². The third-order valence-electron chi connectivity index (χ3n) is 5.20. The number of benzene rings is 3. The second-order valence-corrected chi connectivity index (χ2v) is 9.08. The summed E-state index contributed by atoms with van der Waals surface area (Å²) >= 11 is 7.49. The molecule has 1 saturated heterocycles. The van der Waals surface area contributed by atoms with Gasteiger partial charge in [0.2, 0.25) is 5.91 Å². The van der Waals surface area contributed by atoms with Crippen molar-refractivity contribution in [2.75, 3.05) is 11.9 Å². The minimum absolute atomic E-state index is 0.121. The average Bonchev–Trinajstić information content (AvgIpc) is 3.09. The van der Waals surface area contributed by atoms with Crippen LogP contribution in [0.4, 0.5) is 10.5 Å². The van der Waals surface area contributed by atoms with Gasteiger partial charge in [0.1, 0.15) is 12.2 Å². The van der Waals surface area contributed by atoms with Crippen molar-refractivity contribution >= 4 is 53.0 Å². The SMILES string of the molecule is CCc1ccccc1NC(=O)CN1C(=O)N/C(=C\c2ccccc2Sc2ccc(Cl)cc2)C1=O. The molecule has 172 valence electrons. The highest BCUT2D eigenvalue weighted by molar-refractivity contribution is 7.99. The van der Waals surface area contributed by atoms with Crippen LogP contribution >= 0.6 is 23.4 Å². The Hall–Kier alpha value is -3.55. The van der Waals surface area contributed by atoms with E-state index in [2.05, 4.69) is 10.6 Å². The Kier molecular flexibility index (Phi) is 7.35. The number of anilines is 1. The van der Waals surface area contributed by atoms with Crippen molar-refractivity contribution in [3.63, 3.8) is 0 Å². The van der Waals surface area contributed by atoms with Crippen LogP contribution in [-0.2, 0) is 16.0 Å². The number of nitrogens with one attached hydrogen (secondary N) is 2. The third kappa shape index (κ3) is 5.50. The first kappa shape index (κ1) is 23.6. The summed E-state index contributed by atoms with van der Waals surface area (Å²) in [6.45, 7) is 1.61. The number of amides is 4. The summed E-state index contributed by atoms with van der Waals surface area (Å²) in [6, 6.07) is 21.8. The molecule has 0 unspecified atom stereocenters. The van der Waals surface area contributed by atoms with Crippen molar-refractivity contribution < 1.29 is 14.4 Å². The highest BCUT2D eigenvalue weighted by Crippen LogP contribution is 2.32. The van der Waals surface area contributed by atoms with Crippen LogP contribution in [0, 0.1) is 0 Å². The quantitative estimate of drug-likeness (QED) is 0.334. The van der Waals surface area contributed by atoms with Crippen molar-refractivity contribution in [2.45, 2.75) is 23.1 Å². The second-order valence-electron chi connectivity index (χ2n) is 7.53. The number of aryl methyl sites for hydroxylation is 1. The van der Waals surface area contributed by atoms with Crippen LogP contribution in [0.25, 0.3) is 6.08 Å². The van der Waals surface area contributed by atoms with E-state index in [0.29, 0.717) is 10.7 Å². The minimum atomic E-state index is -0.627. The number of imide groups is 1. The average molecular weight is 492 g/mol. The molecule has 1 fully saturated rings. The van der Waals surface area contributed by atoms with Gasteiger partial charge in [-0.3, -0.25) is 9.59 Å². The van der Waals surface area contributed by atoms with Crippen LogP contribution in [0.3, 0.4) is 0 Å². The normalized spacial score (nSPS) is 14.4. The molecule has 0 bridgehead atoms. The standard InChI is InChI=1S/C26H22ClN3O3S/c1-2-17-7-3-5-9-21(17)28-24(31)16-30-25(32)22(29-26(30)33)15-18-8-4-6-10-23(18)34-20-13-11-19(27)12-14-20/h3-15H,2,16H2,1H3,(H,28,31)(H,29,33)/b22-15-. The molecule has 0 saturated carbocycles. The zero-order valence-electron chi connectivity index (χ0n) is 18.4. The van der Waals surface area contributed by atoms with E-state index < -0.39 is 17.8 Å². The lowest BCUT2D eigenvalue weighted by Gasteiger charge is -2.13. The molecule has 3 aromatic carbocycles. The van der Waals surface area contributed by atoms with E-state index in [1.807, 2.05) is 73.7 Å². The lowest BCUT2D eigenvalue weighted by atomic mass is 10.1. The summed E-state index contributed by atoms with van der Waals surface area (Å²) in [4.78, 5) is 40.7. The highest BCUT2D eigenvalue weighted by Gasteiger charge is 2.35. The molecule has 6 nitrogen and oxygen atoms in total. The lowest BCUT2D eigenvalue weighted by Crippen LogP contribution is -2.38. The maximum atomic E-state index is 12.9. The fourth-order valence-corrected chi connectivity index (χ4v) is 4.52. The Morgan fingerprint density at radius 1 is 1.03 bits per heavy atom. The zero-order valence-corrected chi connectivity index (χ0v) is 20.0. The summed E-state index contributed by atoms with van der Waals surface area (Å²) in [5.74, 6) is -0.987. The number of rotatable bonds is 7. The van der Waals surface area contributed by atoms with Crippen molar-refractivity contribution in [1.29, 1.82) is 0 Å². The molecule has 0 aliphatic carbocycles. The highest BCUT2D eigenvalue weighted by atomic mass is 35.5. The van der Waals surface area contributed by atoms with Crippen LogP contribution in [0.15, 0.2) is 88.3 Å². The smallest absolute Gasteiger partial charge is 0.324 e. The summed E-state index contributed by atoms with van der Waals surface area (Å²) in [5, 5.41) is 6.03. The van der Waals surface area contributed by atoms with E-state index in [-0.39, 0.29) is 12.2 Å². The summed E-state index contributed by atoms with van der Waals surface area (Å²) in [7, 11) is 0. The third-order valence-corrected chi connectivity index (χ3v) is 6.55. The number of halogens is 1. The molecular weight excluding hydrogens is 470 g/mol. The van der Waals surface area contributed by atoms with Gasteiger partial charge in [0.05, 0.1) is 0 Å². The van der Waals surface area contributed by atoms with Crippen LogP contribution < -0.4 is 10.6 Å². The molecule has 2 N–H and O–H groups in total. The van der Waals surface area contributed by atoms with Crippen molar-refractivity contribution in [3.05, 3.63) is 94.6 Å². The molecule has 0 radical (unpaired) electrons. The van der Waals surface area contributed by atoms with Gasteiger partial charge in [-0.2, -0.15) is 0 Å². The van der Waals surface area contributed by atoms with Crippen LogP contribution in [-0.4, -0.2) is 29.3 Å². The molecule has 4 amide bonds. The minimum Gasteiger partial charge on any atom is -0.324 e. The molecule has 1 heterocycles. The van der Waals surface area contributed by atoms with E-state index in [9.17, 15) is 14.4 Å². The molecule has 0 atom stereocenters. The van der Waals surface area contributed by atoms with E-state index in [4.69, 9.17) is 11.6 Å². The van der Waals surface area contributed by atoms with Gasteiger partial charge in [0.15, 0.2) is 0 Å². The number of nitrogens with zero attached hydrogens (tertiary/aromatic N) is 1. The van der Waals surface area contributed by atoms with Gasteiger partial charge in [-0.15, -0.1) is 0 Å². The van der Waals surface area contributed by atoms with Crippen molar-refractivity contribution in [2.24, 2.45) is 0 Å². The lowest BCUT2D eigenvalue weighted by molar-refractivity contribution is -0.127. The van der Waals surface area contributed by atoms with Gasteiger partial charge >= 0.3 is 6.03 Å². The van der Waals surface area contributed by atoms with E-state index in [1.165, 1.54) is 11.8 Å². The first-order chi connectivity index (χ1) is 16.4. The monoisotopic (exact) mass is 491 g/mol. The predicted molar refractivity (Wildman–Crippen MR) is 135 cm³/mol. The molecule has 8 heteroatoms. The Morgan fingerprint density at radius 2 is 1.74 bits per heavy atom. The van der Waals surface area contributed by atoms with Gasteiger partial charge in [-0.25, -0.2) is 9.69 Å². The first-order valence-corrected chi connectivity index (χ1v) is 11.9. The Morgan fingerprint density at radius 3 is 2.50 bits per heavy atom. The van der Waals surface area contributed by atoms with Crippen LogP contribution in [0.1, 0.15) is 18.1 Å². The van der Waals surface area contributed by atoms with E-state index in [1.54, 1.807) is 12.1 Å². The van der Waals surface area contributed by atoms with Gasteiger partial charge in [0, 0.05) is 20.5 Å². The zero-order chi connectivity index (χ0) is 24.1. The number of carbonyl (C=O) groups excluding carboxylic acids is 3. The predicted octanol–water partition coefficient (Wildman–Crippen LogP) is 5.59. The van der Waals surface area contributed by atoms with Gasteiger partial charge in [-0.05, 0) is 60.0 Å². The Balaban J connectivity index is 1.49. The fourth-order valence-electron chi connectivity index (χ4n) is 3.48. The topological polar surface area (TPSA) is 78.5 Å². The summed E-state index contributed by atoms with van der Waals surface area (Å²) in [5.41, 5.74) is 2.54. The number of para-hydroxylation sites is 1. The number of hydrogen-bond donors (Lipinski definition) is 2. The van der Waals surface area contributed by atoms with Crippen molar-refractivity contribution in [3.8, 4) is 0 Å². The molecule has 0 aromatic heterocycles.